The van der Waals surface area contributed by atoms with Crippen LogP contribution in [0.1, 0.15) is 48.0 Å². The molecule has 3 unspecified atom stereocenters. The summed E-state index contributed by atoms with van der Waals surface area (Å²) in [5.41, 5.74) is 0.766. The quantitative estimate of drug-likeness (QED) is 0.803. The SMILES string of the molecule is COC(=O)c1cc(S(=O)(=O)N2C(C(=O)O)CC3CCCCC32)ccc1C. The highest BCUT2D eigenvalue weighted by atomic mass is 32.2. The fraction of sp³-hybridized carbons (Fsp3) is 0.556. The molecule has 142 valence electrons. The molecular formula is C18H23NO6S. The number of rotatable bonds is 4. The minimum Gasteiger partial charge on any atom is -0.480 e. The number of aryl methyl sites for hydroxylation is 1. The van der Waals surface area contributed by atoms with Gasteiger partial charge in [0.2, 0.25) is 10.0 Å². The van der Waals surface area contributed by atoms with Crippen molar-refractivity contribution in [2.24, 2.45) is 5.92 Å². The molecule has 3 rings (SSSR count). The van der Waals surface area contributed by atoms with Crippen molar-refractivity contribution in [3.8, 4) is 0 Å². The van der Waals surface area contributed by atoms with E-state index in [0.717, 1.165) is 19.3 Å². The van der Waals surface area contributed by atoms with Crippen molar-refractivity contribution >= 4 is 22.0 Å². The summed E-state index contributed by atoms with van der Waals surface area (Å²) in [4.78, 5) is 23.6. The Kier molecular flexibility index (Phi) is 5.07. The highest BCUT2D eigenvalue weighted by Gasteiger charge is 2.51. The molecule has 2 fully saturated rings. The molecule has 0 amide bonds. The molecule has 2 aliphatic rings. The Morgan fingerprint density at radius 3 is 2.58 bits per heavy atom. The number of carbonyl (C=O) groups is 2. The molecule has 8 heteroatoms. The third kappa shape index (κ3) is 3.12. The van der Waals surface area contributed by atoms with Crippen molar-refractivity contribution in [3.05, 3.63) is 29.3 Å². The summed E-state index contributed by atoms with van der Waals surface area (Å²) < 4.78 is 32.5. The fourth-order valence-electron chi connectivity index (χ4n) is 4.19. The minimum atomic E-state index is -4.04. The summed E-state index contributed by atoms with van der Waals surface area (Å²) in [6, 6.07) is 2.90. The van der Waals surface area contributed by atoms with Crippen molar-refractivity contribution in [2.75, 3.05) is 7.11 Å². The van der Waals surface area contributed by atoms with Gasteiger partial charge in [-0.15, -0.1) is 0 Å². The number of methoxy groups -OCH3 is 1. The third-order valence-electron chi connectivity index (χ3n) is 5.50. The van der Waals surface area contributed by atoms with Gasteiger partial charge >= 0.3 is 11.9 Å². The van der Waals surface area contributed by atoms with Gasteiger partial charge in [-0.05, 0) is 49.8 Å². The number of benzene rings is 1. The molecule has 0 spiro atoms. The molecule has 0 aromatic heterocycles. The molecule has 1 N–H and O–H groups in total. The van der Waals surface area contributed by atoms with Crippen LogP contribution in [0.2, 0.25) is 0 Å². The molecule has 3 atom stereocenters. The van der Waals surface area contributed by atoms with Crippen LogP contribution in [0.4, 0.5) is 0 Å². The number of hydrogen-bond donors (Lipinski definition) is 1. The topological polar surface area (TPSA) is 101 Å². The van der Waals surface area contributed by atoms with Crippen LogP contribution in [0.15, 0.2) is 23.1 Å². The summed E-state index contributed by atoms with van der Waals surface area (Å²) in [5.74, 6) is -1.67. The van der Waals surface area contributed by atoms with E-state index in [1.54, 1.807) is 13.0 Å². The largest absolute Gasteiger partial charge is 0.480 e. The van der Waals surface area contributed by atoms with Crippen LogP contribution >= 0.6 is 0 Å². The number of sulfonamides is 1. The lowest BCUT2D eigenvalue weighted by atomic mass is 9.85. The van der Waals surface area contributed by atoms with Crippen molar-refractivity contribution in [3.63, 3.8) is 0 Å². The van der Waals surface area contributed by atoms with Crippen molar-refractivity contribution in [1.29, 1.82) is 0 Å². The van der Waals surface area contributed by atoms with E-state index in [1.807, 2.05) is 0 Å². The van der Waals surface area contributed by atoms with Crippen LogP contribution in [0, 0.1) is 12.8 Å². The smallest absolute Gasteiger partial charge is 0.338 e. The molecule has 1 aliphatic carbocycles. The monoisotopic (exact) mass is 381 g/mol. The lowest BCUT2D eigenvalue weighted by Gasteiger charge is -2.32. The van der Waals surface area contributed by atoms with E-state index >= 15 is 0 Å². The predicted molar refractivity (Wildman–Crippen MR) is 93.3 cm³/mol. The third-order valence-corrected chi connectivity index (χ3v) is 7.43. The highest BCUT2D eigenvalue weighted by molar-refractivity contribution is 7.89. The average Bonchev–Trinajstić information content (AvgIpc) is 3.02. The first kappa shape index (κ1) is 18.8. The Bertz CT molecular complexity index is 834. The lowest BCUT2D eigenvalue weighted by Crippen LogP contribution is -2.46. The van der Waals surface area contributed by atoms with Gasteiger partial charge in [-0.3, -0.25) is 4.79 Å². The van der Waals surface area contributed by atoms with Crippen LogP contribution in [0.5, 0.6) is 0 Å². The van der Waals surface area contributed by atoms with Gasteiger partial charge in [0.05, 0.1) is 17.6 Å². The van der Waals surface area contributed by atoms with Gasteiger partial charge in [0.1, 0.15) is 6.04 Å². The molecule has 1 saturated carbocycles. The average molecular weight is 381 g/mol. The van der Waals surface area contributed by atoms with E-state index < -0.39 is 28.0 Å². The number of carboxylic acids is 1. The maximum atomic E-state index is 13.3. The summed E-state index contributed by atoms with van der Waals surface area (Å²) in [7, 11) is -2.81. The standard InChI is InChI=1S/C18H23NO6S/c1-11-7-8-13(10-14(11)18(22)25-2)26(23,24)19-15-6-4-3-5-12(15)9-16(19)17(20)21/h7-8,10,12,15-16H,3-6,9H2,1-2H3,(H,20,21). The minimum absolute atomic E-state index is 0.0685. The Morgan fingerprint density at radius 2 is 1.92 bits per heavy atom. The normalized spacial score (nSPS) is 26.3. The van der Waals surface area contributed by atoms with Gasteiger partial charge in [0.15, 0.2) is 0 Å². The molecule has 0 bridgehead atoms. The molecule has 26 heavy (non-hydrogen) atoms. The molecule has 7 nitrogen and oxygen atoms in total. The fourth-order valence-corrected chi connectivity index (χ4v) is 6.08. The van der Waals surface area contributed by atoms with Gasteiger partial charge < -0.3 is 9.84 Å². The second-order valence-corrected chi connectivity index (χ2v) is 8.85. The van der Waals surface area contributed by atoms with Gasteiger partial charge in [-0.25, -0.2) is 13.2 Å². The van der Waals surface area contributed by atoms with Crippen molar-refractivity contribution < 1.29 is 27.9 Å². The van der Waals surface area contributed by atoms with Crippen molar-refractivity contribution in [1.82, 2.24) is 4.31 Å². The van der Waals surface area contributed by atoms with Crippen LogP contribution in [-0.4, -0.2) is 49.0 Å². The second-order valence-electron chi connectivity index (χ2n) is 7.00. The Morgan fingerprint density at radius 1 is 1.23 bits per heavy atom. The van der Waals surface area contributed by atoms with E-state index in [1.165, 1.54) is 23.5 Å². The number of nitrogens with zero attached hydrogens (tertiary/aromatic N) is 1. The lowest BCUT2D eigenvalue weighted by molar-refractivity contribution is -0.141. The molecule has 1 aromatic rings. The number of esters is 1. The molecule has 1 aromatic carbocycles. The molecule has 1 aliphatic heterocycles. The molecular weight excluding hydrogens is 358 g/mol. The molecule has 1 saturated heterocycles. The highest BCUT2D eigenvalue weighted by Crippen LogP contribution is 2.42. The van der Waals surface area contributed by atoms with Gasteiger partial charge in [-0.2, -0.15) is 4.31 Å². The molecule has 1 heterocycles. The number of hydrogen-bond acceptors (Lipinski definition) is 5. The van der Waals surface area contributed by atoms with Crippen LogP contribution in [-0.2, 0) is 19.6 Å². The summed E-state index contributed by atoms with van der Waals surface area (Å²) in [6.07, 6.45) is 3.75. The van der Waals surface area contributed by atoms with E-state index in [9.17, 15) is 23.1 Å². The number of aliphatic carboxylic acids is 1. The summed E-state index contributed by atoms with van der Waals surface area (Å²) >= 11 is 0. The van der Waals surface area contributed by atoms with Gasteiger partial charge in [-0.1, -0.05) is 18.9 Å². The summed E-state index contributed by atoms with van der Waals surface area (Å²) in [6.45, 7) is 1.69. The Labute approximate surface area is 153 Å². The Hall–Kier alpha value is -1.93. The maximum absolute atomic E-state index is 13.3. The zero-order valence-electron chi connectivity index (χ0n) is 14.8. The van der Waals surface area contributed by atoms with Crippen LogP contribution < -0.4 is 0 Å². The van der Waals surface area contributed by atoms with Gasteiger partial charge in [0, 0.05) is 6.04 Å². The Balaban J connectivity index is 2.05. The summed E-state index contributed by atoms with van der Waals surface area (Å²) in [5, 5.41) is 9.59. The number of ether oxygens (including phenoxy) is 1. The predicted octanol–water partition coefficient (Wildman–Crippen LogP) is 2.19. The van der Waals surface area contributed by atoms with Gasteiger partial charge in [0.25, 0.3) is 0 Å². The van der Waals surface area contributed by atoms with E-state index in [4.69, 9.17) is 4.74 Å². The number of carbonyl (C=O) groups excluding carboxylic acids is 1. The first-order chi connectivity index (χ1) is 12.3. The number of fused-ring (bicyclic) bond motifs is 1. The second kappa shape index (κ2) is 7.00. The van der Waals surface area contributed by atoms with E-state index in [2.05, 4.69) is 0 Å². The van der Waals surface area contributed by atoms with Crippen molar-refractivity contribution in [2.45, 2.75) is 56.0 Å². The van der Waals surface area contributed by atoms with E-state index in [-0.39, 0.29) is 22.4 Å². The molecule has 0 radical (unpaired) electrons. The number of carboxylic acid groups (broad SMARTS) is 1. The first-order valence-electron chi connectivity index (χ1n) is 8.72. The van der Waals surface area contributed by atoms with Crippen LogP contribution in [0.3, 0.4) is 0 Å². The van der Waals surface area contributed by atoms with E-state index in [0.29, 0.717) is 18.4 Å². The zero-order chi connectivity index (χ0) is 19.1. The maximum Gasteiger partial charge on any atom is 0.338 e. The zero-order valence-corrected chi connectivity index (χ0v) is 15.7. The van der Waals surface area contributed by atoms with Crippen LogP contribution in [0.25, 0.3) is 0 Å². The first-order valence-corrected chi connectivity index (χ1v) is 10.2.